The average molecular weight is 408 g/mol. The summed E-state index contributed by atoms with van der Waals surface area (Å²) in [6, 6.07) is 14.0. The van der Waals surface area contributed by atoms with Crippen LogP contribution in [0, 0.1) is 6.92 Å². The van der Waals surface area contributed by atoms with E-state index in [1.165, 1.54) is 19.3 Å². The number of hydrogen-bond donors (Lipinski definition) is 1. The Kier molecular flexibility index (Phi) is 6.31. The van der Waals surface area contributed by atoms with Crippen molar-refractivity contribution in [1.82, 2.24) is 0 Å². The molecule has 0 unspecified atom stereocenters. The number of carbonyl (C=O) groups is 1. The first-order valence-electron chi connectivity index (χ1n) is 11.3. The maximum Gasteiger partial charge on any atom is 0.235 e. The summed E-state index contributed by atoms with van der Waals surface area (Å²) in [4.78, 5) is 13.5. The maximum atomic E-state index is 13.5. The topological polar surface area (TPSA) is 47.6 Å². The summed E-state index contributed by atoms with van der Waals surface area (Å²) in [5.41, 5.74) is 2.52. The average Bonchev–Trinajstić information content (AvgIpc) is 3.29. The molecule has 2 aromatic rings. The number of anilines is 1. The van der Waals surface area contributed by atoms with E-state index in [4.69, 9.17) is 9.47 Å². The van der Waals surface area contributed by atoms with Crippen molar-refractivity contribution in [2.45, 2.75) is 76.2 Å². The van der Waals surface area contributed by atoms with Gasteiger partial charge in [-0.1, -0.05) is 31.4 Å². The first kappa shape index (κ1) is 20.8. The molecule has 0 heterocycles. The molecule has 0 saturated heterocycles. The van der Waals surface area contributed by atoms with Crippen molar-refractivity contribution in [3.05, 3.63) is 53.6 Å². The van der Waals surface area contributed by atoms with E-state index < -0.39 is 5.41 Å². The van der Waals surface area contributed by atoms with E-state index in [2.05, 4.69) is 12.2 Å². The smallest absolute Gasteiger partial charge is 0.235 e. The monoisotopic (exact) mass is 407 g/mol. The zero-order valence-electron chi connectivity index (χ0n) is 18.2. The Balaban J connectivity index is 1.52. The number of nitrogens with one attached hydrogen (secondary N) is 1. The molecule has 30 heavy (non-hydrogen) atoms. The van der Waals surface area contributed by atoms with Crippen molar-refractivity contribution in [2.75, 3.05) is 12.4 Å². The zero-order valence-corrected chi connectivity index (χ0v) is 18.2. The molecule has 1 N–H and O–H groups in total. The molecular formula is C26H33NO3. The van der Waals surface area contributed by atoms with Crippen molar-refractivity contribution in [3.63, 3.8) is 0 Å². The van der Waals surface area contributed by atoms with Crippen LogP contribution < -0.4 is 14.8 Å². The molecule has 160 valence electrons. The summed E-state index contributed by atoms with van der Waals surface area (Å²) in [6.07, 6.45) is 10.2. The third-order valence-electron chi connectivity index (χ3n) is 6.81. The second-order valence-corrected chi connectivity index (χ2v) is 8.83. The predicted octanol–water partition coefficient (Wildman–Crippen LogP) is 6.17. The minimum absolute atomic E-state index is 0.0937. The van der Waals surface area contributed by atoms with Gasteiger partial charge in [-0.2, -0.15) is 0 Å². The molecule has 2 fully saturated rings. The highest BCUT2D eigenvalue weighted by Gasteiger charge is 2.41. The summed E-state index contributed by atoms with van der Waals surface area (Å²) < 4.78 is 11.5. The molecule has 2 aromatic carbocycles. The molecule has 0 bridgehead atoms. The lowest BCUT2D eigenvalue weighted by Crippen LogP contribution is -2.42. The minimum atomic E-state index is -0.475. The number of aryl methyl sites for hydroxylation is 1. The van der Waals surface area contributed by atoms with Gasteiger partial charge in [0.15, 0.2) is 0 Å². The summed E-state index contributed by atoms with van der Waals surface area (Å²) >= 11 is 0. The van der Waals surface area contributed by atoms with Crippen LogP contribution in [-0.4, -0.2) is 19.1 Å². The Morgan fingerprint density at radius 3 is 2.30 bits per heavy atom. The second kappa shape index (κ2) is 9.11. The molecule has 0 spiro atoms. The number of benzene rings is 2. The van der Waals surface area contributed by atoms with E-state index in [1.807, 2.05) is 42.5 Å². The highest BCUT2D eigenvalue weighted by atomic mass is 16.5. The van der Waals surface area contributed by atoms with Crippen LogP contribution in [0.2, 0.25) is 0 Å². The Labute approximate surface area is 180 Å². The summed E-state index contributed by atoms with van der Waals surface area (Å²) in [7, 11) is 1.67. The fourth-order valence-electron chi connectivity index (χ4n) is 5.01. The van der Waals surface area contributed by atoms with E-state index >= 15 is 0 Å². The van der Waals surface area contributed by atoms with Gasteiger partial charge in [0, 0.05) is 5.69 Å². The Hall–Kier alpha value is -2.49. The quantitative estimate of drug-likeness (QED) is 0.623. The predicted molar refractivity (Wildman–Crippen MR) is 120 cm³/mol. The lowest BCUT2D eigenvalue weighted by atomic mass is 9.68. The van der Waals surface area contributed by atoms with E-state index in [-0.39, 0.29) is 5.91 Å². The number of carbonyl (C=O) groups excluding carboxylic acids is 1. The zero-order chi connectivity index (χ0) is 21.0. The maximum absolute atomic E-state index is 13.5. The van der Waals surface area contributed by atoms with Crippen LogP contribution in [0.5, 0.6) is 11.5 Å². The van der Waals surface area contributed by atoms with Crippen LogP contribution >= 0.6 is 0 Å². The van der Waals surface area contributed by atoms with Gasteiger partial charge >= 0.3 is 0 Å². The fourth-order valence-corrected chi connectivity index (χ4v) is 5.01. The first-order chi connectivity index (χ1) is 14.6. The molecule has 0 aliphatic heterocycles. The highest BCUT2D eigenvalue weighted by Crippen LogP contribution is 2.41. The molecule has 0 aromatic heterocycles. The number of rotatable bonds is 6. The summed E-state index contributed by atoms with van der Waals surface area (Å²) in [5, 5.41) is 3.22. The fraction of sp³-hybridized carbons (Fsp3) is 0.500. The number of hydrogen-bond acceptors (Lipinski definition) is 3. The Morgan fingerprint density at radius 1 is 0.967 bits per heavy atom. The van der Waals surface area contributed by atoms with Crippen LogP contribution in [0.25, 0.3) is 0 Å². The Morgan fingerprint density at radius 2 is 1.67 bits per heavy atom. The molecule has 0 atom stereocenters. The standard InChI is InChI=1S/C26H33NO3/c1-19-18-21(12-15-24(19)30-23-8-4-5-9-23)27-25(28)26(16-6-3-7-17-26)20-10-13-22(29-2)14-11-20/h10-15,18,23H,3-9,16-17H2,1-2H3,(H,27,28). The lowest BCUT2D eigenvalue weighted by Gasteiger charge is -2.36. The van der Waals surface area contributed by atoms with Crippen molar-refractivity contribution < 1.29 is 14.3 Å². The molecule has 2 aliphatic rings. The second-order valence-electron chi connectivity index (χ2n) is 8.83. The van der Waals surface area contributed by atoms with Gasteiger partial charge in [-0.15, -0.1) is 0 Å². The van der Waals surface area contributed by atoms with E-state index in [9.17, 15) is 4.79 Å². The van der Waals surface area contributed by atoms with Gasteiger partial charge in [0.05, 0.1) is 18.6 Å². The SMILES string of the molecule is COc1ccc(C2(C(=O)Nc3ccc(OC4CCCC4)c(C)c3)CCCCC2)cc1. The van der Waals surface area contributed by atoms with Crippen molar-refractivity contribution in [2.24, 2.45) is 0 Å². The number of amides is 1. The van der Waals surface area contributed by atoms with Gasteiger partial charge in [-0.25, -0.2) is 0 Å². The first-order valence-corrected chi connectivity index (χ1v) is 11.3. The van der Waals surface area contributed by atoms with Crippen molar-refractivity contribution in [1.29, 1.82) is 0 Å². The van der Waals surface area contributed by atoms with Gasteiger partial charge in [0.2, 0.25) is 5.91 Å². The molecule has 2 saturated carbocycles. The van der Waals surface area contributed by atoms with E-state index in [0.717, 1.165) is 66.8 Å². The van der Waals surface area contributed by atoms with Gasteiger partial charge in [0.1, 0.15) is 11.5 Å². The summed E-state index contributed by atoms with van der Waals surface area (Å²) in [6.45, 7) is 2.06. The third-order valence-corrected chi connectivity index (χ3v) is 6.81. The van der Waals surface area contributed by atoms with Crippen molar-refractivity contribution >= 4 is 11.6 Å². The van der Waals surface area contributed by atoms with Gasteiger partial charge in [-0.05, 0) is 86.9 Å². The van der Waals surface area contributed by atoms with E-state index in [1.54, 1.807) is 7.11 Å². The molecule has 4 rings (SSSR count). The minimum Gasteiger partial charge on any atom is -0.497 e. The molecular weight excluding hydrogens is 374 g/mol. The van der Waals surface area contributed by atoms with Gasteiger partial charge in [0.25, 0.3) is 0 Å². The Bertz CT molecular complexity index is 862. The largest absolute Gasteiger partial charge is 0.497 e. The number of methoxy groups -OCH3 is 1. The normalized spacial score (nSPS) is 18.7. The van der Waals surface area contributed by atoms with Crippen LogP contribution in [0.1, 0.15) is 68.9 Å². The van der Waals surface area contributed by atoms with Gasteiger partial charge in [-0.3, -0.25) is 4.79 Å². The van der Waals surface area contributed by atoms with Crippen LogP contribution in [0.15, 0.2) is 42.5 Å². The van der Waals surface area contributed by atoms with Crippen molar-refractivity contribution in [3.8, 4) is 11.5 Å². The lowest BCUT2D eigenvalue weighted by molar-refractivity contribution is -0.122. The van der Waals surface area contributed by atoms with Crippen LogP contribution in [-0.2, 0) is 10.2 Å². The summed E-state index contributed by atoms with van der Waals surface area (Å²) in [5.74, 6) is 1.84. The van der Waals surface area contributed by atoms with Gasteiger partial charge < -0.3 is 14.8 Å². The van der Waals surface area contributed by atoms with E-state index in [0.29, 0.717) is 6.10 Å². The van der Waals surface area contributed by atoms with Crippen LogP contribution in [0.4, 0.5) is 5.69 Å². The third kappa shape index (κ3) is 4.33. The molecule has 4 heteroatoms. The van der Waals surface area contributed by atoms with Crippen LogP contribution in [0.3, 0.4) is 0 Å². The molecule has 0 radical (unpaired) electrons. The molecule has 4 nitrogen and oxygen atoms in total. The number of ether oxygens (including phenoxy) is 2. The highest BCUT2D eigenvalue weighted by molar-refractivity contribution is 5.99. The molecule has 2 aliphatic carbocycles. The molecule has 1 amide bonds.